The predicted octanol–water partition coefficient (Wildman–Crippen LogP) is 2.26. The van der Waals surface area contributed by atoms with E-state index in [1.807, 2.05) is 28.8 Å². The number of aryl methyl sites for hydroxylation is 1. The molecule has 0 saturated carbocycles. The predicted molar refractivity (Wildman–Crippen MR) is 110 cm³/mol. The maximum Gasteiger partial charge on any atom is 0.191 e. The molecule has 7 heteroatoms. The Morgan fingerprint density at radius 3 is 2.85 bits per heavy atom. The van der Waals surface area contributed by atoms with Crippen molar-refractivity contribution in [3.63, 3.8) is 0 Å². The Labute approximate surface area is 162 Å². The van der Waals surface area contributed by atoms with Gasteiger partial charge < -0.3 is 15.7 Å². The van der Waals surface area contributed by atoms with E-state index in [2.05, 4.69) is 41.6 Å². The van der Waals surface area contributed by atoms with Crippen LogP contribution in [0.25, 0.3) is 5.65 Å². The first-order valence-electron chi connectivity index (χ1n) is 10.1. The largest absolute Gasteiger partial charge is 0.396 e. The number of aromatic nitrogens is 3. The average molecular weight is 375 g/mol. The second kappa shape index (κ2) is 11.5. The van der Waals surface area contributed by atoms with Crippen LogP contribution in [0.4, 0.5) is 0 Å². The van der Waals surface area contributed by atoms with E-state index in [1.54, 1.807) is 0 Å². The zero-order valence-electron chi connectivity index (χ0n) is 16.9. The molecule has 0 amide bonds. The van der Waals surface area contributed by atoms with Gasteiger partial charge in [0.1, 0.15) is 5.82 Å². The lowest BCUT2D eigenvalue weighted by molar-refractivity contribution is 0.245. The number of aliphatic hydroxyl groups excluding tert-OH is 1. The Hall–Kier alpha value is -2.15. The van der Waals surface area contributed by atoms with E-state index >= 15 is 0 Å². The van der Waals surface area contributed by atoms with Crippen LogP contribution in [0, 0.1) is 11.8 Å². The van der Waals surface area contributed by atoms with Crippen LogP contribution >= 0.6 is 0 Å². The van der Waals surface area contributed by atoms with Crippen LogP contribution in [0.2, 0.25) is 0 Å². The van der Waals surface area contributed by atoms with Gasteiger partial charge in [0.25, 0.3) is 0 Å². The molecule has 0 saturated heterocycles. The third kappa shape index (κ3) is 7.17. The standard InChI is InChI=1S/C20H34N6O/c1-4-21-20(23-15-17(10-13-27)14-16(2)3)22-11-7-9-19-25-24-18-8-5-6-12-26(18)19/h5-6,8,12,16-17,27H,4,7,9-11,13-15H2,1-3H3,(H2,21,22,23). The fourth-order valence-corrected chi connectivity index (χ4v) is 3.21. The van der Waals surface area contributed by atoms with Crippen LogP contribution in [0.5, 0.6) is 0 Å². The fraction of sp³-hybridized carbons (Fsp3) is 0.650. The molecule has 0 fully saturated rings. The molecule has 7 nitrogen and oxygen atoms in total. The van der Waals surface area contributed by atoms with Gasteiger partial charge in [0.05, 0.1) is 0 Å². The summed E-state index contributed by atoms with van der Waals surface area (Å²) in [6.07, 6.45) is 5.70. The van der Waals surface area contributed by atoms with E-state index in [-0.39, 0.29) is 6.61 Å². The number of hydrogen-bond acceptors (Lipinski definition) is 4. The summed E-state index contributed by atoms with van der Waals surface area (Å²) in [6.45, 7) is 9.11. The molecule has 0 spiro atoms. The number of nitrogens with one attached hydrogen (secondary N) is 2. The van der Waals surface area contributed by atoms with E-state index in [0.29, 0.717) is 11.8 Å². The van der Waals surface area contributed by atoms with Crippen LogP contribution in [0.15, 0.2) is 29.4 Å². The first kappa shape index (κ1) is 21.2. The summed E-state index contributed by atoms with van der Waals surface area (Å²) >= 11 is 0. The smallest absolute Gasteiger partial charge is 0.191 e. The third-order valence-electron chi connectivity index (χ3n) is 4.45. The van der Waals surface area contributed by atoms with Crippen molar-refractivity contribution >= 4 is 11.6 Å². The molecule has 2 rings (SSSR count). The van der Waals surface area contributed by atoms with Crippen molar-refractivity contribution in [2.75, 3.05) is 26.2 Å². The summed E-state index contributed by atoms with van der Waals surface area (Å²) in [5.74, 6) is 2.86. The van der Waals surface area contributed by atoms with Crippen molar-refractivity contribution in [3.8, 4) is 0 Å². The highest BCUT2D eigenvalue weighted by Crippen LogP contribution is 2.15. The average Bonchev–Trinajstić information content (AvgIpc) is 3.06. The van der Waals surface area contributed by atoms with Gasteiger partial charge in [-0.25, -0.2) is 0 Å². The second-order valence-electron chi connectivity index (χ2n) is 7.30. The Balaban J connectivity index is 1.82. The molecule has 0 bridgehead atoms. The number of fused-ring (bicyclic) bond motifs is 1. The number of aliphatic hydroxyl groups is 1. The molecule has 3 N–H and O–H groups in total. The summed E-state index contributed by atoms with van der Waals surface area (Å²) in [5.41, 5.74) is 0.885. The molecule has 150 valence electrons. The van der Waals surface area contributed by atoms with E-state index in [1.165, 1.54) is 0 Å². The molecule has 0 aliphatic carbocycles. The zero-order valence-corrected chi connectivity index (χ0v) is 16.9. The van der Waals surface area contributed by atoms with Gasteiger partial charge in [-0.2, -0.15) is 0 Å². The fourth-order valence-electron chi connectivity index (χ4n) is 3.21. The van der Waals surface area contributed by atoms with E-state index in [9.17, 15) is 5.11 Å². The molecule has 0 aromatic carbocycles. The molecule has 0 aliphatic rings. The molecule has 2 aromatic heterocycles. The van der Waals surface area contributed by atoms with Gasteiger partial charge in [0, 0.05) is 38.9 Å². The van der Waals surface area contributed by atoms with Crippen LogP contribution in [-0.4, -0.2) is 51.9 Å². The summed E-state index contributed by atoms with van der Waals surface area (Å²) in [4.78, 5) is 4.72. The van der Waals surface area contributed by atoms with Gasteiger partial charge >= 0.3 is 0 Å². The molecule has 27 heavy (non-hydrogen) atoms. The summed E-state index contributed by atoms with van der Waals surface area (Å²) < 4.78 is 2.03. The highest BCUT2D eigenvalue weighted by Gasteiger charge is 2.11. The molecular weight excluding hydrogens is 340 g/mol. The van der Waals surface area contributed by atoms with Crippen molar-refractivity contribution < 1.29 is 5.11 Å². The first-order valence-corrected chi connectivity index (χ1v) is 10.1. The van der Waals surface area contributed by atoms with E-state index < -0.39 is 0 Å². The summed E-state index contributed by atoms with van der Waals surface area (Å²) in [5, 5.41) is 24.4. The van der Waals surface area contributed by atoms with Crippen LogP contribution in [-0.2, 0) is 6.42 Å². The quantitative estimate of drug-likeness (QED) is 0.319. The third-order valence-corrected chi connectivity index (χ3v) is 4.45. The number of aliphatic imine (C=N–C) groups is 1. The molecule has 1 atom stereocenters. The van der Waals surface area contributed by atoms with Crippen LogP contribution in [0.3, 0.4) is 0 Å². The Morgan fingerprint density at radius 1 is 1.26 bits per heavy atom. The summed E-state index contributed by atoms with van der Waals surface area (Å²) in [7, 11) is 0. The minimum atomic E-state index is 0.225. The monoisotopic (exact) mass is 374 g/mol. The maximum absolute atomic E-state index is 9.26. The Morgan fingerprint density at radius 2 is 2.11 bits per heavy atom. The number of pyridine rings is 1. The maximum atomic E-state index is 9.26. The van der Waals surface area contributed by atoms with Crippen molar-refractivity contribution in [1.82, 2.24) is 25.2 Å². The molecule has 0 radical (unpaired) electrons. The van der Waals surface area contributed by atoms with Gasteiger partial charge in [-0.05, 0) is 50.2 Å². The highest BCUT2D eigenvalue weighted by atomic mass is 16.3. The van der Waals surface area contributed by atoms with Crippen molar-refractivity contribution in [2.24, 2.45) is 16.8 Å². The zero-order chi connectivity index (χ0) is 19.5. The minimum absolute atomic E-state index is 0.225. The van der Waals surface area contributed by atoms with Crippen LogP contribution in [0.1, 0.15) is 45.9 Å². The Kier molecular flexibility index (Phi) is 9.04. The van der Waals surface area contributed by atoms with Gasteiger partial charge in [-0.3, -0.25) is 9.39 Å². The van der Waals surface area contributed by atoms with Gasteiger partial charge in [-0.1, -0.05) is 19.9 Å². The van der Waals surface area contributed by atoms with Crippen molar-refractivity contribution in [1.29, 1.82) is 0 Å². The Bertz CT molecular complexity index is 697. The molecular formula is C20H34N6O. The minimum Gasteiger partial charge on any atom is -0.396 e. The van der Waals surface area contributed by atoms with E-state index in [0.717, 1.165) is 62.7 Å². The van der Waals surface area contributed by atoms with Crippen LogP contribution < -0.4 is 10.6 Å². The lowest BCUT2D eigenvalue weighted by Crippen LogP contribution is -2.38. The van der Waals surface area contributed by atoms with Crippen molar-refractivity contribution in [3.05, 3.63) is 30.2 Å². The number of hydrogen-bond donors (Lipinski definition) is 3. The van der Waals surface area contributed by atoms with Gasteiger partial charge in [0.15, 0.2) is 11.6 Å². The second-order valence-corrected chi connectivity index (χ2v) is 7.30. The highest BCUT2D eigenvalue weighted by molar-refractivity contribution is 5.79. The SMILES string of the molecule is CCNC(=NCC(CCO)CC(C)C)NCCCc1nnc2ccccn12. The molecule has 2 heterocycles. The van der Waals surface area contributed by atoms with E-state index in [4.69, 9.17) is 4.99 Å². The number of guanidine groups is 1. The lowest BCUT2D eigenvalue weighted by Gasteiger charge is -2.17. The molecule has 1 unspecified atom stereocenters. The van der Waals surface area contributed by atoms with Crippen molar-refractivity contribution in [2.45, 2.75) is 46.5 Å². The normalized spacial score (nSPS) is 13.3. The number of rotatable bonds is 11. The van der Waals surface area contributed by atoms with Gasteiger partial charge in [-0.15, -0.1) is 10.2 Å². The topological polar surface area (TPSA) is 86.8 Å². The first-order chi connectivity index (χ1) is 13.1. The molecule has 2 aromatic rings. The number of nitrogens with zero attached hydrogens (tertiary/aromatic N) is 4. The van der Waals surface area contributed by atoms with Gasteiger partial charge in [0.2, 0.25) is 0 Å². The lowest BCUT2D eigenvalue weighted by atomic mass is 9.94. The molecule has 0 aliphatic heterocycles. The summed E-state index contributed by atoms with van der Waals surface area (Å²) in [6, 6.07) is 5.93.